The molecule has 0 radical (unpaired) electrons. The highest BCUT2D eigenvalue weighted by Gasteiger charge is 2.15. The predicted octanol–water partition coefficient (Wildman–Crippen LogP) is 5.11. The number of amides is 1. The molecule has 0 unspecified atom stereocenters. The Bertz CT molecular complexity index is 1230. The van der Waals surface area contributed by atoms with Gasteiger partial charge in [0.2, 0.25) is 0 Å². The van der Waals surface area contributed by atoms with Gasteiger partial charge >= 0.3 is 0 Å². The number of nitrogens with one attached hydrogen (secondary N) is 1. The molecule has 162 valence electrons. The number of aryl methyl sites for hydroxylation is 2. The zero-order valence-electron chi connectivity index (χ0n) is 17.8. The lowest BCUT2D eigenvalue weighted by molar-refractivity contribution is -0.605. The number of pyridine rings is 1. The quantitative estimate of drug-likeness (QED) is 0.328. The first-order valence-electron chi connectivity index (χ1n) is 9.82. The van der Waals surface area contributed by atoms with Gasteiger partial charge < -0.3 is 14.7 Å². The van der Waals surface area contributed by atoms with Crippen LogP contribution in [0.5, 0.6) is 17.2 Å². The van der Waals surface area contributed by atoms with E-state index in [4.69, 9.17) is 9.47 Å². The van der Waals surface area contributed by atoms with Gasteiger partial charge in [-0.2, -0.15) is 4.73 Å². The summed E-state index contributed by atoms with van der Waals surface area (Å²) in [5, 5.41) is 16.3. The van der Waals surface area contributed by atoms with E-state index >= 15 is 0 Å². The minimum Gasteiger partial charge on any atom is -0.619 e. The maximum atomic E-state index is 12.4. The third-order valence-corrected chi connectivity index (χ3v) is 5.60. The van der Waals surface area contributed by atoms with Crippen molar-refractivity contribution in [1.29, 1.82) is 0 Å². The van der Waals surface area contributed by atoms with Gasteiger partial charge in [-0.1, -0.05) is 0 Å². The van der Waals surface area contributed by atoms with Crippen molar-refractivity contribution in [2.45, 2.75) is 13.8 Å². The molecule has 2 aromatic heterocycles. The second-order valence-corrected chi connectivity index (χ2v) is 8.01. The standard InChI is InChI=1S/C24H21N3O4S/c1-15-12-20(31-19-6-4-18(30-3)5-7-19)13-16(2)22(15)21-14-32-24(25-21)26-23(28)17-8-10-27(29)11-9-17/h4-14H,1-3H3,(H,25,26,28). The van der Waals surface area contributed by atoms with Gasteiger partial charge in [-0.3, -0.25) is 10.1 Å². The molecule has 0 aliphatic carbocycles. The Labute approximate surface area is 189 Å². The lowest BCUT2D eigenvalue weighted by Crippen LogP contribution is -2.25. The van der Waals surface area contributed by atoms with Gasteiger partial charge in [0.25, 0.3) is 5.91 Å². The minimum absolute atomic E-state index is 0.316. The van der Waals surface area contributed by atoms with E-state index in [9.17, 15) is 10.0 Å². The number of anilines is 1. The van der Waals surface area contributed by atoms with Crippen LogP contribution in [0.25, 0.3) is 11.3 Å². The van der Waals surface area contributed by atoms with E-state index in [2.05, 4.69) is 10.3 Å². The van der Waals surface area contributed by atoms with Crippen molar-refractivity contribution in [3.63, 3.8) is 0 Å². The smallest absolute Gasteiger partial charge is 0.257 e. The van der Waals surface area contributed by atoms with E-state index in [0.29, 0.717) is 15.4 Å². The Morgan fingerprint density at radius 1 is 1.00 bits per heavy atom. The van der Waals surface area contributed by atoms with Crippen LogP contribution in [-0.2, 0) is 0 Å². The summed E-state index contributed by atoms with van der Waals surface area (Å²) in [7, 11) is 1.63. The van der Waals surface area contributed by atoms with Crippen LogP contribution >= 0.6 is 11.3 Å². The summed E-state index contributed by atoms with van der Waals surface area (Å²) in [6.45, 7) is 4.01. The van der Waals surface area contributed by atoms with E-state index in [0.717, 1.165) is 39.6 Å². The number of ether oxygens (including phenoxy) is 2. The fraction of sp³-hybridized carbons (Fsp3) is 0.125. The van der Waals surface area contributed by atoms with E-state index < -0.39 is 0 Å². The lowest BCUT2D eigenvalue weighted by atomic mass is 10.0. The molecule has 0 aliphatic heterocycles. The molecule has 1 N–H and O–H groups in total. The molecule has 4 aromatic rings. The maximum Gasteiger partial charge on any atom is 0.257 e. The molecule has 0 saturated heterocycles. The average Bonchev–Trinajstić information content (AvgIpc) is 3.22. The predicted molar refractivity (Wildman–Crippen MR) is 123 cm³/mol. The van der Waals surface area contributed by atoms with Gasteiger partial charge in [0.1, 0.15) is 17.2 Å². The van der Waals surface area contributed by atoms with Crippen LogP contribution in [0.1, 0.15) is 21.5 Å². The van der Waals surface area contributed by atoms with Crippen LogP contribution < -0.4 is 19.5 Å². The summed E-state index contributed by atoms with van der Waals surface area (Å²) in [6.07, 6.45) is 2.56. The van der Waals surface area contributed by atoms with Crippen LogP contribution in [-0.4, -0.2) is 18.0 Å². The number of rotatable bonds is 6. The molecule has 0 saturated carbocycles. The molecule has 2 heterocycles. The highest BCUT2D eigenvalue weighted by molar-refractivity contribution is 7.14. The van der Waals surface area contributed by atoms with Crippen molar-refractivity contribution in [3.8, 4) is 28.5 Å². The van der Waals surface area contributed by atoms with Gasteiger partial charge in [0.05, 0.1) is 18.4 Å². The first-order valence-corrected chi connectivity index (χ1v) is 10.7. The molecule has 32 heavy (non-hydrogen) atoms. The molecular weight excluding hydrogens is 426 g/mol. The molecule has 1 amide bonds. The third-order valence-electron chi connectivity index (χ3n) is 4.85. The monoisotopic (exact) mass is 447 g/mol. The first-order chi connectivity index (χ1) is 15.4. The lowest BCUT2D eigenvalue weighted by Gasteiger charge is -2.12. The van der Waals surface area contributed by atoms with Crippen molar-refractivity contribution >= 4 is 22.4 Å². The first kappa shape index (κ1) is 21.3. The Kier molecular flexibility index (Phi) is 6.04. The highest BCUT2D eigenvalue weighted by atomic mass is 32.1. The van der Waals surface area contributed by atoms with E-state index in [1.54, 1.807) is 7.11 Å². The highest BCUT2D eigenvalue weighted by Crippen LogP contribution is 2.34. The van der Waals surface area contributed by atoms with Crippen LogP contribution in [0.3, 0.4) is 0 Å². The summed E-state index contributed by atoms with van der Waals surface area (Å²) in [6, 6.07) is 14.3. The van der Waals surface area contributed by atoms with E-state index in [1.807, 2.05) is 55.6 Å². The summed E-state index contributed by atoms with van der Waals surface area (Å²) in [5.41, 5.74) is 4.19. The zero-order valence-corrected chi connectivity index (χ0v) is 18.6. The largest absolute Gasteiger partial charge is 0.619 e. The summed E-state index contributed by atoms with van der Waals surface area (Å²) >= 11 is 1.35. The molecule has 0 bridgehead atoms. The van der Waals surface area contributed by atoms with Crippen molar-refractivity contribution < 1.29 is 19.0 Å². The SMILES string of the molecule is COc1ccc(Oc2cc(C)c(-c3csc(NC(=O)c4cc[n+]([O-])cc4)n3)c(C)c2)cc1. The Morgan fingerprint density at radius 2 is 1.62 bits per heavy atom. The third kappa shape index (κ3) is 4.70. The van der Waals surface area contributed by atoms with Crippen LogP contribution in [0, 0.1) is 19.1 Å². The molecule has 7 nitrogen and oxygen atoms in total. The molecule has 0 fully saturated rings. The molecule has 2 aromatic carbocycles. The van der Waals surface area contributed by atoms with Crippen molar-refractivity contribution in [2.24, 2.45) is 0 Å². The Balaban J connectivity index is 1.51. The fourth-order valence-corrected chi connectivity index (χ4v) is 4.04. The zero-order chi connectivity index (χ0) is 22.7. The molecular formula is C24H21N3O4S. The van der Waals surface area contributed by atoms with Crippen molar-refractivity contribution in [3.05, 3.63) is 88.2 Å². The number of thiazole rings is 1. The van der Waals surface area contributed by atoms with E-state index in [-0.39, 0.29) is 5.91 Å². The number of carbonyl (C=O) groups is 1. The second-order valence-electron chi connectivity index (χ2n) is 7.15. The van der Waals surface area contributed by atoms with Gasteiger partial charge in [-0.05, 0) is 61.4 Å². The van der Waals surface area contributed by atoms with Crippen molar-refractivity contribution in [1.82, 2.24) is 4.98 Å². The molecule has 0 spiro atoms. The number of methoxy groups -OCH3 is 1. The van der Waals surface area contributed by atoms with Crippen LogP contribution in [0.15, 0.2) is 66.3 Å². The average molecular weight is 448 g/mol. The van der Waals surface area contributed by atoms with Gasteiger partial charge in [-0.15, -0.1) is 11.3 Å². The molecule has 8 heteroatoms. The fourth-order valence-electron chi connectivity index (χ4n) is 3.35. The molecule has 0 atom stereocenters. The number of benzene rings is 2. The van der Waals surface area contributed by atoms with Gasteiger partial charge in [-0.25, -0.2) is 4.98 Å². The maximum absolute atomic E-state index is 12.4. The van der Waals surface area contributed by atoms with E-state index in [1.165, 1.54) is 35.9 Å². The summed E-state index contributed by atoms with van der Waals surface area (Å²) in [5.74, 6) is 1.91. The van der Waals surface area contributed by atoms with Gasteiger partial charge in [0, 0.05) is 23.1 Å². The summed E-state index contributed by atoms with van der Waals surface area (Å²) < 4.78 is 11.8. The Hall–Kier alpha value is -3.91. The number of hydrogen-bond donors (Lipinski definition) is 1. The normalized spacial score (nSPS) is 10.6. The minimum atomic E-state index is -0.316. The van der Waals surface area contributed by atoms with Crippen LogP contribution in [0.2, 0.25) is 0 Å². The molecule has 0 aliphatic rings. The topological polar surface area (TPSA) is 87.4 Å². The number of aromatic nitrogens is 2. The molecule has 4 rings (SSSR count). The summed E-state index contributed by atoms with van der Waals surface area (Å²) in [4.78, 5) is 17.0. The Morgan fingerprint density at radius 3 is 2.25 bits per heavy atom. The van der Waals surface area contributed by atoms with Crippen molar-refractivity contribution in [2.75, 3.05) is 12.4 Å². The number of carbonyl (C=O) groups excluding carboxylic acids is 1. The van der Waals surface area contributed by atoms with Gasteiger partial charge in [0.15, 0.2) is 17.5 Å². The second kappa shape index (κ2) is 9.07. The number of hydrogen-bond acceptors (Lipinski definition) is 6. The van der Waals surface area contributed by atoms with Crippen LogP contribution in [0.4, 0.5) is 5.13 Å². The number of nitrogens with zero attached hydrogens (tertiary/aromatic N) is 2.